The van der Waals surface area contributed by atoms with E-state index in [0.717, 1.165) is 21.2 Å². The molecule has 1 aromatic carbocycles. The van der Waals surface area contributed by atoms with Crippen LogP contribution in [-0.4, -0.2) is 36.9 Å². The van der Waals surface area contributed by atoms with Gasteiger partial charge in [0.05, 0.1) is 5.69 Å². The molecule has 3 rings (SSSR count). The van der Waals surface area contributed by atoms with Crippen LogP contribution in [0.15, 0.2) is 38.4 Å². The van der Waals surface area contributed by atoms with Gasteiger partial charge in [-0.2, -0.15) is 14.8 Å². The Hall–Kier alpha value is -3.56. The van der Waals surface area contributed by atoms with Crippen molar-refractivity contribution in [3.05, 3.63) is 56.6 Å². The number of hydrogen-bond donors (Lipinski definition) is 1. The van der Waals surface area contributed by atoms with Crippen molar-refractivity contribution in [2.45, 2.75) is 40.7 Å². The van der Waals surface area contributed by atoms with Crippen LogP contribution in [0.3, 0.4) is 0 Å². The SMILES string of the molecule is CCn1c(=O)c(-c2noc(C(=O)NCCC(C)C)n2)nn(-c2ccc(C)cc2)c1=O. The predicted octanol–water partition coefficient (Wildman–Crippen LogP) is 1.55. The number of aromatic nitrogens is 5. The fourth-order valence-electron chi connectivity index (χ4n) is 2.75. The molecule has 0 aliphatic heterocycles. The second kappa shape index (κ2) is 8.85. The van der Waals surface area contributed by atoms with Crippen molar-refractivity contribution in [2.24, 2.45) is 5.92 Å². The van der Waals surface area contributed by atoms with Crippen LogP contribution in [0.4, 0.5) is 0 Å². The summed E-state index contributed by atoms with van der Waals surface area (Å²) in [6, 6.07) is 7.11. The molecule has 0 atom stereocenters. The van der Waals surface area contributed by atoms with Crippen molar-refractivity contribution in [1.29, 1.82) is 0 Å². The first-order valence-electron chi connectivity index (χ1n) is 9.75. The van der Waals surface area contributed by atoms with Gasteiger partial charge in [0.25, 0.3) is 5.56 Å². The first kappa shape index (κ1) is 21.2. The first-order chi connectivity index (χ1) is 14.3. The minimum absolute atomic E-state index is 0.138. The third-order valence-corrected chi connectivity index (χ3v) is 4.49. The van der Waals surface area contributed by atoms with E-state index >= 15 is 0 Å². The molecule has 2 heterocycles. The van der Waals surface area contributed by atoms with Crippen molar-refractivity contribution in [3.63, 3.8) is 0 Å². The van der Waals surface area contributed by atoms with E-state index in [1.165, 1.54) is 0 Å². The monoisotopic (exact) mass is 412 g/mol. The lowest BCUT2D eigenvalue weighted by Gasteiger charge is -2.09. The molecule has 0 spiro atoms. The molecule has 0 aliphatic rings. The zero-order valence-corrected chi connectivity index (χ0v) is 17.4. The number of nitrogens with zero attached hydrogens (tertiary/aromatic N) is 5. The van der Waals surface area contributed by atoms with E-state index < -0.39 is 17.2 Å². The van der Waals surface area contributed by atoms with Gasteiger partial charge in [-0.3, -0.25) is 14.2 Å². The van der Waals surface area contributed by atoms with Crippen LogP contribution in [0.1, 0.15) is 43.4 Å². The third-order valence-electron chi connectivity index (χ3n) is 4.49. The Balaban J connectivity index is 2.00. The third kappa shape index (κ3) is 4.37. The number of amides is 1. The van der Waals surface area contributed by atoms with E-state index in [-0.39, 0.29) is 24.0 Å². The summed E-state index contributed by atoms with van der Waals surface area (Å²) in [6.45, 7) is 8.29. The van der Waals surface area contributed by atoms with Gasteiger partial charge >= 0.3 is 17.5 Å². The van der Waals surface area contributed by atoms with Crippen LogP contribution < -0.4 is 16.6 Å². The Kier molecular flexibility index (Phi) is 6.24. The van der Waals surface area contributed by atoms with Crippen LogP contribution >= 0.6 is 0 Å². The van der Waals surface area contributed by atoms with Gasteiger partial charge in [-0.15, -0.1) is 0 Å². The molecule has 10 nitrogen and oxygen atoms in total. The summed E-state index contributed by atoms with van der Waals surface area (Å²) < 4.78 is 7.15. The zero-order chi connectivity index (χ0) is 21.8. The van der Waals surface area contributed by atoms with Crippen LogP contribution in [-0.2, 0) is 6.54 Å². The van der Waals surface area contributed by atoms with E-state index in [2.05, 4.69) is 20.6 Å². The molecule has 10 heteroatoms. The number of benzene rings is 1. The molecule has 3 aromatic rings. The Morgan fingerprint density at radius 1 is 1.20 bits per heavy atom. The number of carbonyl (C=O) groups is 1. The Morgan fingerprint density at radius 3 is 2.53 bits per heavy atom. The molecule has 0 saturated heterocycles. The van der Waals surface area contributed by atoms with Crippen molar-refractivity contribution >= 4 is 5.91 Å². The highest BCUT2D eigenvalue weighted by Crippen LogP contribution is 2.11. The fourth-order valence-corrected chi connectivity index (χ4v) is 2.75. The second-order valence-corrected chi connectivity index (χ2v) is 7.29. The average Bonchev–Trinajstić information content (AvgIpc) is 3.19. The highest BCUT2D eigenvalue weighted by molar-refractivity contribution is 5.89. The quantitative estimate of drug-likeness (QED) is 0.624. The lowest BCUT2D eigenvalue weighted by Crippen LogP contribution is -2.41. The van der Waals surface area contributed by atoms with Gasteiger partial charge in [0.15, 0.2) is 5.69 Å². The number of aryl methyl sites for hydroxylation is 1. The minimum Gasteiger partial charge on any atom is -0.348 e. The molecule has 0 radical (unpaired) electrons. The maximum absolute atomic E-state index is 12.7. The van der Waals surface area contributed by atoms with E-state index in [4.69, 9.17) is 4.52 Å². The highest BCUT2D eigenvalue weighted by atomic mass is 16.5. The van der Waals surface area contributed by atoms with E-state index in [9.17, 15) is 14.4 Å². The summed E-state index contributed by atoms with van der Waals surface area (Å²) in [5.41, 5.74) is 0.0944. The van der Waals surface area contributed by atoms with Crippen molar-refractivity contribution in [1.82, 2.24) is 29.8 Å². The van der Waals surface area contributed by atoms with Gasteiger partial charge in [-0.1, -0.05) is 36.7 Å². The standard InChI is InChI=1S/C20H24N6O4/c1-5-25-19(28)15(23-26(20(25)29)14-8-6-13(4)7-9-14)16-22-18(30-24-16)17(27)21-11-10-12(2)3/h6-9,12H,5,10-11H2,1-4H3,(H,21,27). The number of rotatable bonds is 7. The van der Waals surface area contributed by atoms with E-state index in [1.807, 2.05) is 32.9 Å². The molecule has 1 N–H and O–H groups in total. The molecule has 0 saturated carbocycles. The van der Waals surface area contributed by atoms with Gasteiger partial charge in [-0.05, 0) is 38.3 Å². The smallest absolute Gasteiger partial charge is 0.348 e. The van der Waals surface area contributed by atoms with Crippen LogP contribution in [0.2, 0.25) is 0 Å². The Morgan fingerprint density at radius 2 is 1.90 bits per heavy atom. The van der Waals surface area contributed by atoms with Crippen molar-refractivity contribution < 1.29 is 9.32 Å². The van der Waals surface area contributed by atoms with Crippen LogP contribution in [0, 0.1) is 12.8 Å². The lowest BCUT2D eigenvalue weighted by molar-refractivity contribution is 0.0908. The molecule has 30 heavy (non-hydrogen) atoms. The molecule has 0 aliphatic carbocycles. The van der Waals surface area contributed by atoms with E-state index in [0.29, 0.717) is 18.2 Å². The largest absolute Gasteiger partial charge is 0.352 e. The molecule has 2 aromatic heterocycles. The Labute approximate surface area is 172 Å². The van der Waals surface area contributed by atoms with Gasteiger partial charge in [0.1, 0.15) is 0 Å². The molecule has 0 bridgehead atoms. The normalized spacial score (nSPS) is 11.1. The van der Waals surface area contributed by atoms with Crippen LogP contribution in [0.5, 0.6) is 0 Å². The molecule has 0 fully saturated rings. The number of carbonyl (C=O) groups excluding carboxylic acids is 1. The summed E-state index contributed by atoms with van der Waals surface area (Å²) in [7, 11) is 0. The van der Waals surface area contributed by atoms with Crippen LogP contribution in [0.25, 0.3) is 17.2 Å². The predicted molar refractivity (Wildman–Crippen MR) is 110 cm³/mol. The first-order valence-corrected chi connectivity index (χ1v) is 9.75. The molecular weight excluding hydrogens is 388 g/mol. The lowest BCUT2D eigenvalue weighted by atomic mass is 10.1. The van der Waals surface area contributed by atoms with Gasteiger partial charge in [-0.25, -0.2) is 4.79 Å². The molecule has 0 unspecified atom stereocenters. The second-order valence-electron chi connectivity index (χ2n) is 7.29. The van der Waals surface area contributed by atoms with Crippen molar-refractivity contribution in [3.8, 4) is 17.2 Å². The minimum atomic E-state index is -0.654. The molecule has 1 amide bonds. The molecule has 158 valence electrons. The summed E-state index contributed by atoms with van der Waals surface area (Å²) in [5, 5.41) is 10.6. The fraction of sp³-hybridized carbons (Fsp3) is 0.400. The summed E-state index contributed by atoms with van der Waals surface area (Å²) in [5.74, 6) is -0.525. The average molecular weight is 412 g/mol. The maximum atomic E-state index is 12.7. The van der Waals surface area contributed by atoms with Gasteiger partial charge in [0, 0.05) is 13.1 Å². The van der Waals surface area contributed by atoms with Gasteiger partial charge < -0.3 is 9.84 Å². The number of nitrogens with one attached hydrogen (secondary N) is 1. The molecular formula is C20H24N6O4. The topological polar surface area (TPSA) is 125 Å². The number of hydrogen-bond acceptors (Lipinski definition) is 7. The summed E-state index contributed by atoms with van der Waals surface area (Å²) in [4.78, 5) is 41.7. The zero-order valence-electron chi connectivity index (χ0n) is 17.4. The van der Waals surface area contributed by atoms with Crippen molar-refractivity contribution in [2.75, 3.05) is 6.54 Å². The summed E-state index contributed by atoms with van der Waals surface area (Å²) in [6.07, 6.45) is 0.803. The van der Waals surface area contributed by atoms with Gasteiger partial charge in [0.2, 0.25) is 5.82 Å². The summed E-state index contributed by atoms with van der Waals surface area (Å²) >= 11 is 0. The maximum Gasteiger partial charge on any atom is 0.352 e. The highest BCUT2D eigenvalue weighted by Gasteiger charge is 2.22. The Bertz CT molecular complexity index is 1160. The van der Waals surface area contributed by atoms with E-state index in [1.54, 1.807) is 19.1 Å².